The molecule has 0 aromatic carbocycles. The number of nitrogens with one attached hydrogen (secondary N) is 1. The summed E-state index contributed by atoms with van der Waals surface area (Å²) in [7, 11) is 0. The summed E-state index contributed by atoms with van der Waals surface area (Å²) >= 11 is 0. The molecule has 0 saturated carbocycles. The minimum Gasteiger partial charge on any atom is -0.377 e. The van der Waals surface area contributed by atoms with Crippen molar-refractivity contribution >= 4 is 11.3 Å². The second-order valence-electron chi connectivity index (χ2n) is 7.31. The SMILES string of the molecule is Cc1ccc(C)n1-c1cc(N2CCOC[C@H]2C)nn2c(-c3ccn[nH]3)ncc12. The van der Waals surface area contributed by atoms with Gasteiger partial charge in [-0.15, -0.1) is 5.10 Å². The van der Waals surface area contributed by atoms with Crippen LogP contribution in [0.5, 0.6) is 0 Å². The molecule has 0 amide bonds. The number of imidazole rings is 1. The van der Waals surface area contributed by atoms with E-state index in [9.17, 15) is 0 Å². The molecule has 4 aromatic rings. The van der Waals surface area contributed by atoms with Gasteiger partial charge in [0.2, 0.25) is 0 Å². The molecule has 5 heterocycles. The lowest BCUT2D eigenvalue weighted by molar-refractivity contribution is 0.0984. The van der Waals surface area contributed by atoms with Gasteiger partial charge in [0.05, 0.1) is 31.1 Å². The summed E-state index contributed by atoms with van der Waals surface area (Å²) in [6.07, 6.45) is 3.61. The number of anilines is 1. The van der Waals surface area contributed by atoms with Gasteiger partial charge in [-0.1, -0.05) is 0 Å². The number of hydrogen-bond acceptors (Lipinski definition) is 5. The van der Waals surface area contributed by atoms with Crippen molar-refractivity contribution in [2.45, 2.75) is 26.8 Å². The third kappa shape index (κ3) is 2.60. The topological polar surface area (TPSA) is 76.3 Å². The van der Waals surface area contributed by atoms with Gasteiger partial charge in [0.25, 0.3) is 0 Å². The Labute approximate surface area is 162 Å². The van der Waals surface area contributed by atoms with Crippen molar-refractivity contribution in [3.63, 3.8) is 0 Å². The molecule has 5 rings (SSSR count). The molecule has 0 bridgehead atoms. The largest absolute Gasteiger partial charge is 0.377 e. The number of H-pyrrole nitrogens is 1. The molecule has 0 radical (unpaired) electrons. The smallest absolute Gasteiger partial charge is 0.179 e. The molecule has 8 nitrogen and oxygen atoms in total. The van der Waals surface area contributed by atoms with Crippen molar-refractivity contribution in [3.05, 3.63) is 48.0 Å². The Morgan fingerprint density at radius 3 is 2.71 bits per heavy atom. The van der Waals surface area contributed by atoms with Crippen LogP contribution in [0.15, 0.2) is 36.7 Å². The first-order valence-electron chi connectivity index (χ1n) is 9.51. The molecule has 1 aliphatic rings. The highest BCUT2D eigenvalue weighted by atomic mass is 16.5. The van der Waals surface area contributed by atoms with E-state index < -0.39 is 0 Å². The van der Waals surface area contributed by atoms with Gasteiger partial charge in [0.15, 0.2) is 11.6 Å². The quantitative estimate of drug-likeness (QED) is 0.594. The van der Waals surface area contributed by atoms with Crippen LogP contribution in [-0.4, -0.2) is 55.2 Å². The van der Waals surface area contributed by atoms with Crippen LogP contribution in [0.4, 0.5) is 5.82 Å². The van der Waals surface area contributed by atoms with Crippen LogP contribution in [-0.2, 0) is 4.74 Å². The number of nitrogens with zero attached hydrogens (tertiary/aromatic N) is 6. The van der Waals surface area contributed by atoms with E-state index in [1.165, 1.54) is 11.4 Å². The maximum atomic E-state index is 5.62. The van der Waals surface area contributed by atoms with E-state index in [4.69, 9.17) is 9.84 Å². The van der Waals surface area contributed by atoms with Crippen molar-refractivity contribution < 1.29 is 4.74 Å². The van der Waals surface area contributed by atoms with E-state index in [-0.39, 0.29) is 6.04 Å². The molecule has 0 spiro atoms. The molecule has 1 saturated heterocycles. The van der Waals surface area contributed by atoms with Crippen molar-refractivity contribution in [1.82, 2.24) is 29.4 Å². The van der Waals surface area contributed by atoms with Gasteiger partial charge in [-0.3, -0.25) is 5.10 Å². The number of aromatic amines is 1. The fourth-order valence-electron chi connectivity index (χ4n) is 3.95. The fraction of sp³-hybridized carbons (Fsp3) is 0.350. The lowest BCUT2D eigenvalue weighted by Crippen LogP contribution is -2.44. The van der Waals surface area contributed by atoms with E-state index in [1.54, 1.807) is 6.20 Å². The first kappa shape index (κ1) is 17.0. The number of morpholine rings is 1. The standard InChI is InChI=1S/C20H23N7O/c1-13-4-5-14(2)26(13)17-10-19(25-8-9-28-12-15(25)3)24-27-18(17)11-21-20(27)16-6-7-22-23-16/h4-7,10-11,15H,8-9,12H2,1-3H3,(H,22,23)/t15-/m1/s1. The van der Waals surface area contributed by atoms with Crippen LogP contribution in [0, 0.1) is 13.8 Å². The number of aromatic nitrogens is 6. The Bertz CT molecular complexity index is 1110. The van der Waals surface area contributed by atoms with Crippen molar-refractivity contribution in [2.24, 2.45) is 0 Å². The van der Waals surface area contributed by atoms with E-state index >= 15 is 0 Å². The zero-order valence-corrected chi connectivity index (χ0v) is 16.3. The number of aryl methyl sites for hydroxylation is 2. The Morgan fingerprint density at radius 1 is 1.18 bits per heavy atom. The highest BCUT2D eigenvalue weighted by Crippen LogP contribution is 2.29. The van der Waals surface area contributed by atoms with Gasteiger partial charge >= 0.3 is 0 Å². The van der Waals surface area contributed by atoms with Crippen LogP contribution in [0.2, 0.25) is 0 Å². The zero-order chi connectivity index (χ0) is 19.3. The summed E-state index contributed by atoms with van der Waals surface area (Å²) in [4.78, 5) is 6.95. The average Bonchev–Trinajstić information content (AvgIpc) is 3.42. The van der Waals surface area contributed by atoms with Gasteiger partial charge in [0, 0.05) is 30.2 Å². The summed E-state index contributed by atoms with van der Waals surface area (Å²) in [5.41, 5.74) is 5.22. The maximum absolute atomic E-state index is 5.62. The first-order chi connectivity index (χ1) is 13.6. The molecule has 1 N–H and O–H groups in total. The Balaban J connectivity index is 1.78. The minimum absolute atomic E-state index is 0.262. The molecule has 4 aromatic heterocycles. The summed E-state index contributed by atoms with van der Waals surface area (Å²) in [5.74, 6) is 1.67. The average molecular weight is 377 g/mol. The monoisotopic (exact) mass is 377 g/mol. The molecule has 28 heavy (non-hydrogen) atoms. The third-order valence-corrected chi connectivity index (χ3v) is 5.38. The number of fused-ring (bicyclic) bond motifs is 1. The summed E-state index contributed by atoms with van der Waals surface area (Å²) in [6.45, 7) is 8.63. The second-order valence-corrected chi connectivity index (χ2v) is 7.31. The number of ether oxygens (including phenoxy) is 1. The highest BCUT2D eigenvalue weighted by Gasteiger charge is 2.24. The summed E-state index contributed by atoms with van der Waals surface area (Å²) in [6, 6.07) is 8.60. The van der Waals surface area contributed by atoms with E-state index in [2.05, 4.69) is 63.6 Å². The van der Waals surface area contributed by atoms with Crippen molar-refractivity contribution in [3.8, 4) is 17.2 Å². The molecular formula is C20H23N7O. The van der Waals surface area contributed by atoms with Crippen LogP contribution >= 0.6 is 0 Å². The maximum Gasteiger partial charge on any atom is 0.179 e. The predicted molar refractivity (Wildman–Crippen MR) is 107 cm³/mol. The fourth-order valence-corrected chi connectivity index (χ4v) is 3.95. The Hall–Kier alpha value is -3.13. The molecule has 0 unspecified atom stereocenters. The van der Waals surface area contributed by atoms with Crippen molar-refractivity contribution in [2.75, 3.05) is 24.7 Å². The normalized spacial score (nSPS) is 17.5. The highest BCUT2D eigenvalue weighted by molar-refractivity contribution is 5.71. The first-order valence-corrected chi connectivity index (χ1v) is 9.51. The molecule has 0 aliphatic carbocycles. The summed E-state index contributed by atoms with van der Waals surface area (Å²) in [5, 5.41) is 12.0. The van der Waals surface area contributed by atoms with E-state index in [1.807, 2.05) is 16.8 Å². The zero-order valence-electron chi connectivity index (χ0n) is 16.3. The molecule has 1 aliphatic heterocycles. The second kappa shape index (κ2) is 6.49. The molecule has 144 valence electrons. The number of hydrogen-bond donors (Lipinski definition) is 1. The third-order valence-electron chi connectivity index (χ3n) is 5.38. The van der Waals surface area contributed by atoms with Gasteiger partial charge < -0.3 is 14.2 Å². The van der Waals surface area contributed by atoms with Crippen LogP contribution in [0.25, 0.3) is 22.7 Å². The van der Waals surface area contributed by atoms with E-state index in [0.717, 1.165) is 35.1 Å². The number of rotatable bonds is 3. The van der Waals surface area contributed by atoms with Gasteiger partial charge in [-0.2, -0.15) is 5.10 Å². The molecule has 8 heteroatoms. The van der Waals surface area contributed by atoms with Gasteiger partial charge in [0.1, 0.15) is 11.2 Å². The van der Waals surface area contributed by atoms with Crippen LogP contribution < -0.4 is 4.90 Å². The van der Waals surface area contributed by atoms with Gasteiger partial charge in [-0.25, -0.2) is 9.50 Å². The lowest BCUT2D eigenvalue weighted by Gasteiger charge is -2.34. The Morgan fingerprint density at radius 2 is 2.00 bits per heavy atom. The lowest BCUT2D eigenvalue weighted by atomic mass is 10.2. The van der Waals surface area contributed by atoms with Gasteiger partial charge in [-0.05, 0) is 39.0 Å². The minimum atomic E-state index is 0.262. The predicted octanol–water partition coefficient (Wildman–Crippen LogP) is 2.75. The molecule has 1 fully saturated rings. The Kier molecular flexibility index (Phi) is 3.94. The van der Waals surface area contributed by atoms with Crippen LogP contribution in [0.1, 0.15) is 18.3 Å². The molecule has 1 atom stereocenters. The molecular weight excluding hydrogens is 354 g/mol. The van der Waals surface area contributed by atoms with Crippen molar-refractivity contribution in [1.29, 1.82) is 0 Å². The van der Waals surface area contributed by atoms with E-state index in [0.29, 0.717) is 13.2 Å². The summed E-state index contributed by atoms with van der Waals surface area (Å²) < 4.78 is 9.79. The van der Waals surface area contributed by atoms with Crippen LogP contribution in [0.3, 0.4) is 0 Å².